The van der Waals surface area contributed by atoms with E-state index in [1.165, 1.54) is 33.6 Å². The van der Waals surface area contributed by atoms with Gasteiger partial charge in [-0.2, -0.15) is 0 Å². The number of aliphatic carboxylic acids is 1. The predicted octanol–water partition coefficient (Wildman–Crippen LogP) is 5.64. The molecule has 6 rings (SSSR count). The van der Waals surface area contributed by atoms with E-state index in [4.69, 9.17) is 9.47 Å². The van der Waals surface area contributed by atoms with Gasteiger partial charge in [0.2, 0.25) is 0 Å². The van der Waals surface area contributed by atoms with Crippen LogP contribution >= 0.6 is 27.3 Å². The van der Waals surface area contributed by atoms with Crippen LogP contribution < -0.4 is 0 Å². The standard InChI is InChI=1S/C27H25BrN2O5S/c28-22-13-36-24(29-22)27(35-12-23(31)32)10-9-26(14-27)15-30(16-26)25(33)34-11-21-19-7-3-1-5-17(19)18-6-2-4-8-20(18)21/h1-8,13,21H,9-12,14-16H2,(H,31,32). The number of carboxylic acids is 1. The molecule has 1 aliphatic heterocycles. The summed E-state index contributed by atoms with van der Waals surface area (Å²) >= 11 is 4.86. The predicted molar refractivity (Wildman–Crippen MR) is 138 cm³/mol. The van der Waals surface area contributed by atoms with Crippen molar-refractivity contribution in [1.82, 2.24) is 9.88 Å². The second-order valence-corrected chi connectivity index (χ2v) is 11.7. The molecule has 2 fully saturated rings. The van der Waals surface area contributed by atoms with E-state index >= 15 is 0 Å². The lowest BCUT2D eigenvalue weighted by Gasteiger charge is -2.48. The molecule has 1 spiro atoms. The van der Waals surface area contributed by atoms with Gasteiger partial charge in [-0.3, -0.25) is 0 Å². The molecule has 7 nitrogen and oxygen atoms in total. The van der Waals surface area contributed by atoms with E-state index in [1.54, 1.807) is 4.90 Å². The summed E-state index contributed by atoms with van der Waals surface area (Å²) in [4.78, 5) is 30.5. The molecule has 0 bridgehead atoms. The molecule has 3 aliphatic rings. The third-order valence-corrected chi connectivity index (χ3v) is 9.44. The first-order valence-corrected chi connectivity index (χ1v) is 13.6. The molecule has 186 valence electrons. The zero-order chi connectivity index (χ0) is 24.9. The Morgan fingerprint density at radius 3 is 2.36 bits per heavy atom. The number of carbonyl (C=O) groups excluding carboxylic acids is 1. The minimum absolute atomic E-state index is 0.0310. The number of ether oxygens (including phenoxy) is 2. The number of likely N-dealkylation sites (tertiary alicyclic amines) is 1. The molecule has 1 saturated carbocycles. The number of carboxylic acid groups (broad SMARTS) is 1. The Hall–Kier alpha value is -2.75. The van der Waals surface area contributed by atoms with Crippen molar-refractivity contribution in [3.05, 3.63) is 74.6 Å². The van der Waals surface area contributed by atoms with E-state index in [0.29, 0.717) is 32.5 Å². The molecule has 1 amide bonds. The quantitative estimate of drug-likeness (QED) is 0.414. The number of hydrogen-bond donors (Lipinski definition) is 1. The van der Waals surface area contributed by atoms with E-state index in [-0.39, 0.29) is 24.0 Å². The molecule has 1 unspecified atom stereocenters. The highest BCUT2D eigenvalue weighted by atomic mass is 79.9. The number of halogens is 1. The Labute approximate surface area is 221 Å². The molecule has 36 heavy (non-hydrogen) atoms. The highest BCUT2D eigenvalue weighted by Crippen LogP contribution is 2.56. The smallest absolute Gasteiger partial charge is 0.409 e. The summed E-state index contributed by atoms with van der Waals surface area (Å²) in [6.45, 7) is 1.08. The van der Waals surface area contributed by atoms with Crippen LogP contribution in [0.3, 0.4) is 0 Å². The molecule has 1 saturated heterocycles. The fraction of sp³-hybridized carbons (Fsp3) is 0.370. The maximum absolute atomic E-state index is 13.0. The van der Waals surface area contributed by atoms with E-state index < -0.39 is 11.6 Å². The first kappa shape index (κ1) is 23.6. The third-order valence-electron chi connectivity index (χ3n) is 7.70. The van der Waals surface area contributed by atoms with E-state index in [0.717, 1.165) is 16.0 Å². The number of benzene rings is 2. The fourth-order valence-electron chi connectivity index (χ4n) is 6.13. The minimum atomic E-state index is -1.00. The maximum Gasteiger partial charge on any atom is 0.409 e. The van der Waals surface area contributed by atoms with Gasteiger partial charge in [-0.25, -0.2) is 14.6 Å². The van der Waals surface area contributed by atoms with Crippen LogP contribution in [0.2, 0.25) is 0 Å². The Balaban J connectivity index is 1.11. The zero-order valence-corrected chi connectivity index (χ0v) is 21.9. The average Bonchev–Trinajstić information content (AvgIpc) is 3.55. The average molecular weight is 569 g/mol. The fourth-order valence-corrected chi connectivity index (χ4v) is 7.56. The van der Waals surface area contributed by atoms with Crippen LogP contribution in [0.25, 0.3) is 11.1 Å². The Morgan fingerprint density at radius 2 is 1.75 bits per heavy atom. The number of amides is 1. The zero-order valence-electron chi connectivity index (χ0n) is 19.5. The molecule has 2 heterocycles. The molecular formula is C27H25BrN2O5S. The van der Waals surface area contributed by atoms with Crippen molar-refractivity contribution in [3.8, 4) is 11.1 Å². The van der Waals surface area contributed by atoms with Crippen LogP contribution in [-0.2, 0) is 19.9 Å². The van der Waals surface area contributed by atoms with Gasteiger partial charge < -0.3 is 19.5 Å². The topological polar surface area (TPSA) is 89.0 Å². The first-order chi connectivity index (χ1) is 17.4. The number of carbonyl (C=O) groups is 2. The molecule has 0 radical (unpaired) electrons. The molecule has 9 heteroatoms. The van der Waals surface area contributed by atoms with Crippen molar-refractivity contribution >= 4 is 39.3 Å². The largest absolute Gasteiger partial charge is 0.480 e. The maximum atomic E-state index is 13.0. The number of thiazole rings is 1. The number of aromatic nitrogens is 1. The summed E-state index contributed by atoms with van der Waals surface area (Å²) in [5.41, 5.74) is 3.95. The SMILES string of the molecule is O=C(O)COC1(c2nc(Br)cs2)CCC2(CN(C(=O)OCC3c4ccccc4-c4ccccc43)C2)C1. The van der Waals surface area contributed by atoms with E-state index in [2.05, 4.69) is 45.2 Å². The summed E-state index contributed by atoms with van der Waals surface area (Å²) in [6, 6.07) is 16.6. The van der Waals surface area contributed by atoms with Crippen LogP contribution in [0.5, 0.6) is 0 Å². The summed E-state index contributed by atoms with van der Waals surface area (Å²) < 4.78 is 12.5. The van der Waals surface area contributed by atoms with Gasteiger partial charge in [0, 0.05) is 29.8 Å². The minimum Gasteiger partial charge on any atom is -0.480 e. The summed E-state index contributed by atoms with van der Waals surface area (Å²) in [7, 11) is 0. The van der Waals surface area contributed by atoms with Crippen LogP contribution in [-0.4, -0.2) is 53.4 Å². The molecular weight excluding hydrogens is 544 g/mol. The van der Waals surface area contributed by atoms with Gasteiger partial charge in [0.1, 0.15) is 28.4 Å². The normalized spacial score (nSPS) is 21.8. The second-order valence-electron chi connectivity index (χ2n) is 9.99. The second kappa shape index (κ2) is 8.97. The lowest BCUT2D eigenvalue weighted by molar-refractivity contribution is -0.151. The number of hydrogen-bond acceptors (Lipinski definition) is 6. The van der Waals surface area contributed by atoms with E-state index in [1.807, 2.05) is 29.6 Å². The molecule has 1 atom stereocenters. The van der Waals surface area contributed by atoms with Crippen LogP contribution in [0, 0.1) is 5.41 Å². The third kappa shape index (κ3) is 4.03. The van der Waals surface area contributed by atoms with Crippen LogP contribution in [0.1, 0.15) is 41.3 Å². The Kier molecular flexibility index (Phi) is 5.89. The number of fused-ring (bicyclic) bond motifs is 3. The van der Waals surface area contributed by atoms with Crippen molar-refractivity contribution in [2.45, 2.75) is 30.8 Å². The van der Waals surface area contributed by atoms with Crippen LogP contribution in [0.15, 0.2) is 58.5 Å². The number of rotatable bonds is 6. The van der Waals surface area contributed by atoms with Gasteiger partial charge in [0.15, 0.2) is 0 Å². The number of nitrogens with zero attached hydrogens (tertiary/aromatic N) is 2. The molecule has 2 aromatic carbocycles. The summed E-state index contributed by atoms with van der Waals surface area (Å²) in [5.74, 6) is -0.969. The lowest BCUT2D eigenvalue weighted by atomic mass is 9.77. The monoisotopic (exact) mass is 568 g/mol. The molecule has 2 aliphatic carbocycles. The van der Waals surface area contributed by atoms with Gasteiger partial charge in [0.25, 0.3) is 0 Å². The molecule has 1 N–H and O–H groups in total. The van der Waals surface area contributed by atoms with Gasteiger partial charge >= 0.3 is 12.1 Å². The lowest BCUT2D eigenvalue weighted by Crippen LogP contribution is -2.58. The Bertz CT molecular complexity index is 1290. The van der Waals surface area contributed by atoms with Gasteiger partial charge in [-0.15, -0.1) is 11.3 Å². The molecule has 1 aromatic heterocycles. The van der Waals surface area contributed by atoms with Gasteiger partial charge in [-0.05, 0) is 57.4 Å². The van der Waals surface area contributed by atoms with Crippen molar-refractivity contribution in [1.29, 1.82) is 0 Å². The summed E-state index contributed by atoms with van der Waals surface area (Å²) in [6.07, 6.45) is 1.86. The van der Waals surface area contributed by atoms with E-state index in [9.17, 15) is 14.7 Å². The summed E-state index contributed by atoms with van der Waals surface area (Å²) in [5, 5.41) is 11.9. The molecule has 3 aromatic rings. The van der Waals surface area contributed by atoms with Crippen molar-refractivity contribution in [3.63, 3.8) is 0 Å². The van der Waals surface area contributed by atoms with Crippen molar-refractivity contribution < 1.29 is 24.2 Å². The van der Waals surface area contributed by atoms with Crippen LogP contribution in [0.4, 0.5) is 4.79 Å². The highest BCUT2D eigenvalue weighted by molar-refractivity contribution is 9.10. The van der Waals surface area contributed by atoms with Crippen molar-refractivity contribution in [2.75, 3.05) is 26.3 Å². The first-order valence-electron chi connectivity index (χ1n) is 12.0. The van der Waals surface area contributed by atoms with Gasteiger partial charge in [-0.1, -0.05) is 48.5 Å². The van der Waals surface area contributed by atoms with Crippen molar-refractivity contribution in [2.24, 2.45) is 5.41 Å². The Morgan fingerprint density at radius 1 is 1.08 bits per heavy atom. The van der Waals surface area contributed by atoms with Gasteiger partial charge in [0.05, 0.1) is 0 Å². The highest BCUT2D eigenvalue weighted by Gasteiger charge is 2.58.